The van der Waals surface area contributed by atoms with Crippen LogP contribution in [0.4, 0.5) is 0 Å². The minimum Gasteiger partial charge on any atom is -0.295 e. The molecular weight excluding hydrogens is 304 g/mol. The van der Waals surface area contributed by atoms with E-state index in [9.17, 15) is 4.79 Å². The highest BCUT2D eigenvalue weighted by Crippen LogP contribution is 2.36. The molecule has 0 aromatic heterocycles. The van der Waals surface area contributed by atoms with Crippen LogP contribution in [0.3, 0.4) is 0 Å². The number of fused-ring (bicyclic) bond motifs is 1. The first-order valence-electron chi connectivity index (χ1n) is 8.87. The van der Waals surface area contributed by atoms with Crippen molar-refractivity contribution in [3.05, 3.63) is 76.4 Å². The van der Waals surface area contributed by atoms with E-state index < -0.39 is 0 Å². The van der Waals surface area contributed by atoms with Gasteiger partial charge in [-0.25, -0.2) is 0 Å². The van der Waals surface area contributed by atoms with Crippen LogP contribution in [-0.4, -0.2) is 5.78 Å². The first-order valence-corrected chi connectivity index (χ1v) is 8.87. The van der Waals surface area contributed by atoms with E-state index >= 15 is 0 Å². The fraction of sp³-hybridized carbons (Fsp3) is 0.292. The van der Waals surface area contributed by atoms with Gasteiger partial charge in [0.2, 0.25) is 0 Å². The van der Waals surface area contributed by atoms with E-state index in [0.29, 0.717) is 5.92 Å². The van der Waals surface area contributed by atoms with Gasteiger partial charge in [-0.15, -0.1) is 0 Å². The van der Waals surface area contributed by atoms with Crippen molar-refractivity contribution in [1.82, 2.24) is 0 Å². The van der Waals surface area contributed by atoms with Gasteiger partial charge >= 0.3 is 0 Å². The summed E-state index contributed by atoms with van der Waals surface area (Å²) in [5.41, 5.74) is 8.84. The van der Waals surface area contributed by atoms with Gasteiger partial charge in [0.15, 0.2) is 5.78 Å². The van der Waals surface area contributed by atoms with Gasteiger partial charge < -0.3 is 0 Å². The summed E-state index contributed by atoms with van der Waals surface area (Å²) in [6.45, 7) is 12.3. The molecule has 0 saturated heterocycles. The highest BCUT2D eigenvalue weighted by atomic mass is 16.1. The second-order valence-electron chi connectivity index (χ2n) is 7.10. The second kappa shape index (κ2) is 8.11. The van der Waals surface area contributed by atoms with E-state index in [2.05, 4.69) is 58.0 Å². The largest absolute Gasteiger partial charge is 0.295 e. The van der Waals surface area contributed by atoms with Crippen LogP contribution in [0.1, 0.15) is 55.9 Å². The Morgan fingerprint density at radius 2 is 1.72 bits per heavy atom. The maximum Gasteiger partial charge on any atom is 0.152 e. The van der Waals surface area contributed by atoms with Gasteiger partial charge in [0, 0.05) is 0 Å². The normalized spacial score (nSPS) is 12.8. The molecule has 0 amide bonds. The zero-order valence-electron chi connectivity index (χ0n) is 16.2. The van der Waals surface area contributed by atoms with Crippen LogP contribution in [0.25, 0.3) is 17.2 Å². The minimum atomic E-state index is 0.0767. The number of carbonyl (C=O) groups is 1. The van der Waals surface area contributed by atoms with Gasteiger partial charge in [-0.1, -0.05) is 62.4 Å². The molecule has 0 bridgehead atoms. The van der Waals surface area contributed by atoms with Gasteiger partial charge in [-0.05, 0) is 78.6 Å². The molecule has 1 heteroatoms. The number of hydrogen-bond acceptors (Lipinski definition) is 1. The van der Waals surface area contributed by atoms with Crippen molar-refractivity contribution < 1.29 is 4.79 Å². The molecule has 1 nitrogen and oxygen atoms in total. The standard InChI is InChI=1S/C24H28O/c1-16(2)21-12-11-18(4)24-22(14-19(5)23(24)15-21)10-8-7-9-17(3)13-20(6)25/h7-16H,1-6H3/b9-7+,10-8+,17-13+. The number of ketones is 1. The van der Waals surface area contributed by atoms with E-state index in [1.807, 2.05) is 25.2 Å². The molecule has 0 atom stereocenters. The zero-order valence-corrected chi connectivity index (χ0v) is 16.2. The Hall–Kier alpha value is -2.41. The number of carbonyl (C=O) groups excluding carboxylic acids is 1. The van der Waals surface area contributed by atoms with Gasteiger partial charge in [0.1, 0.15) is 0 Å². The average Bonchev–Trinajstić information content (AvgIpc) is 2.70. The molecule has 0 aromatic rings. The molecule has 0 N–H and O–H groups in total. The smallest absolute Gasteiger partial charge is 0.152 e. The Kier molecular flexibility index (Phi) is 6.14. The van der Waals surface area contributed by atoms with E-state index in [1.54, 1.807) is 13.0 Å². The SMILES string of the molecule is CC(=O)/C=C(C)/C=C/C=C/c1cc(C)c2cc(C(C)C)ccc(C)c1-2. The highest BCUT2D eigenvalue weighted by Gasteiger charge is 2.14. The Bertz CT molecular complexity index is 832. The molecular formula is C24H28O. The Morgan fingerprint density at radius 3 is 2.36 bits per heavy atom. The Morgan fingerprint density at radius 1 is 1.00 bits per heavy atom. The van der Waals surface area contributed by atoms with Crippen LogP contribution in [0.5, 0.6) is 0 Å². The molecule has 0 unspecified atom stereocenters. The zero-order chi connectivity index (χ0) is 18.6. The molecule has 0 spiro atoms. The van der Waals surface area contributed by atoms with E-state index in [-0.39, 0.29) is 5.78 Å². The third kappa shape index (κ3) is 4.79. The summed E-state index contributed by atoms with van der Waals surface area (Å²) in [6, 6.07) is 9.05. The predicted octanol–water partition coefficient (Wildman–Crippen LogP) is 6.64. The molecule has 0 saturated carbocycles. The molecule has 0 heterocycles. The maximum atomic E-state index is 11.1. The first-order chi connectivity index (χ1) is 11.8. The number of aryl methyl sites for hydroxylation is 2. The van der Waals surface area contributed by atoms with Crippen molar-refractivity contribution in [1.29, 1.82) is 0 Å². The van der Waals surface area contributed by atoms with Crippen molar-refractivity contribution in [2.75, 3.05) is 0 Å². The molecule has 130 valence electrons. The number of allylic oxidation sites excluding steroid dienone is 5. The third-order valence-electron chi connectivity index (χ3n) is 4.43. The van der Waals surface area contributed by atoms with Crippen LogP contribution in [-0.2, 0) is 4.79 Å². The molecule has 2 aliphatic carbocycles. The summed E-state index contributed by atoms with van der Waals surface area (Å²) < 4.78 is 0. The summed E-state index contributed by atoms with van der Waals surface area (Å²) in [6.07, 6.45) is 9.78. The van der Waals surface area contributed by atoms with Crippen LogP contribution < -0.4 is 0 Å². The lowest BCUT2D eigenvalue weighted by molar-refractivity contribution is -0.112. The lowest BCUT2D eigenvalue weighted by atomic mass is 10.0. The molecule has 2 aliphatic rings. The third-order valence-corrected chi connectivity index (χ3v) is 4.43. The van der Waals surface area contributed by atoms with Crippen molar-refractivity contribution in [2.24, 2.45) is 0 Å². The van der Waals surface area contributed by atoms with Crippen molar-refractivity contribution >= 4 is 11.9 Å². The predicted molar refractivity (Wildman–Crippen MR) is 109 cm³/mol. The number of hydrogen-bond donors (Lipinski definition) is 0. The van der Waals surface area contributed by atoms with E-state index in [0.717, 1.165) is 5.57 Å². The van der Waals surface area contributed by atoms with Crippen molar-refractivity contribution in [3.8, 4) is 11.1 Å². The van der Waals surface area contributed by atoms with Crippen molar-refractivity contribution in [2.45, 2.75) is 47.5 Å². The average molecular weight is 332 g/mol. The molecule has 0 aliphatic heterocycles. The molecule has 25 heavy (non-hydrogen) atoms. The Labute approximate surface area is 152 Å². The minimum absolute atomic E-state index is 0.0767. The lowest BCUT2D eigenvalue weighted by Gasteiger charge is -2.04. The fourth-order valence-electron chi connectivity index (χ4n) is 3.11. The Balaban J connectivity index is 2.37. The van der Waals surface area contributed by atoms with Crippen LogP contribution >= 0.6 is 0 Å². The summed E-state index contributed by atoms with van der Waals surface area (Å²) in [5.74, 6) is 0.593. The fourth-order valence-corrected chi connectivity index (χ4v) is 3.11. The molecule has 0 radical (unpaired) electrons. The summed E-state index contributed by atoms with van der Waals surface area (Å²) in [5, 5.41) is 0. The highest BCUT2D eigenvalue weighted by molar-refractivity contribution is 5.88. The van der Waals surface area contributed by atoms with Crippen LogP contribution in [0, 0.1) is 13.8 Å². The number of rotatable bonds is 5. The molecule has 0 aromatic carbocycles. The molecule has 2 rings (SSSR count). The second-order valence-corrected chi connectivity index (χ2v) is 7.10. The summed E-state index contributed by atoms with van der Waals surface area (Å²) in [4.78, 5) is 11.1. The van der Waals surface area contributed by atoms with Crippen LogP contribution in [0.15, 0.2) is 54.1 Å². The summed E-state index contributed by atoms with van der Waals surface area (Å²) >= 11 is 0. The maximum absolute atomic E-state index is 11.1. The van der Waals surface area contributed by atoms with E-state index in [1.165, 1.54) is 33.4 Å². The van der Waals surface area contributed by atoms with E-state index in [4.69, 9.17) is 0 Å². The topological polar surface area (TPSA) is 17.1 Å². The van der Waals surface area contributed by atoms with Gasteiger partial charge in [-0.3, -0.25) is 4.79 Å². The van der Waals surface area contributed by atoms with Gasteiger partial charge in [-0.2, -0.15) is 0 Å². The lowest BCUT2D eigenvalue weighted by Crippen LogP contribution is -1.84. The van der Waals surface area contributed by atoms with Crippen LogP contribution in [0.2, 0.25) is 0 Å². The molecule has 0 fully saturated rings. The van der Waals surface area contributed by atoms with Gasteiger partial charge in [0.25, 0.3) is 0 Å². The van der Waals surface area contributed by atoms with Crippen molar-refractivity contribution in [3.63, 3.8) is 0 Å². The quantitative estimate of drug-likeness (QED) is 0.443. The summed E-state index contributed by atoms with van der Waals surface area (Å²) in [7, 11) is 0. The monoisotopic (exact) mass is 332 g/mol. The first kappa shape index (κ1) is 18.9. The van der Waals surface area contributed by atoms with Gasteiger partial charge in [0.05, 0.1) is 0 Å².